The van der Waals surface area contributed by atoms with Gasteiger partial charge in [0.1, 0.15) is 0 Å². The number of ether oxygens (including phenoxy) is 1. The second-order valence-electron chi connectivity index (χ2n) is 7.26. The summed E-state index contributed by atoms with van der Waals surface area (Å²) in [4.78, 5) is 17.9. The van der Waals surface area contributed by atoms with Crippen molar-refractivity contribution in [2.45, 2.75) is 54.1 Å². The molecule has 0 spiro atoms. The molecule has 3 aromatic rings. The van der Waals surface area contributed by atoms with Crippen LogP contribution in [-0.4, -0.2) is 33.5 Å². The maximum absolute atomic E-state index is 12.8. The minimum absolute atomic E-state index is 0.202. The molecule has 1 amide bonds. The summed E-state index contributed by atoms with van der Waals surface area (Å²) < 4.78 is 10.6. The number of hydrogen-bond acceptors (Lipinski definition) is 4. The third-order valence-corrected chi connectivity index (χ3v) is 5.83. The maximum Gasteiger partial charge on any atom is 0.300 e. The Morgan fingerprint density at radius 3 is 2.57 bits per heavy atom. The Morgan fingerprint density at radius 1 is 1.21 bits per heavy atom. The molecule has 0 aliphatic heterocycles. The van der Waals surface area contributed by atoms with Crippen LogP contribution in [0.15, 0.2) is 23.2 Å². The average molecular weight is 401 g/mol. The highest BCUT2D eigenvalue weighted by Crippen LogP contribution is 2.22. The molecule has 150 valence electrons. The third kappa shape index (κ3) is 4.10. The van der Waals surface area contributed by atoms with Gasteiger partial charge in [0.2, 0.25) is 0 Å². The summed E-state index contributed by atoms with van der Waals surface area (Å²) in [5.41, 5.74) is 4.88. The molecule has 0 saturated carbocycles. The summed E-state index contributed by atoms with van der Waals surface area (Å²) in [6, 6.07) is 6.33. The van der Waals surface area contributed by atoms with Crippen molar-refractivity contribution in [1.82, 2.24) is 14.3 Å². The highest BCUT2D eigenvalue weighted by Gasteiger charge is 2.15. The third-order valence-electron chi connectivity index (χ3n) is 4.79. The van der Waals surface area contributed by atoms with Gasteiger partial charge in [-0.25, -0.2) is 0 Å². The molecule has 0 bridgehead atoms. The van der Waals surface area contributed by atoms with Crippen LogP contribution in [0.2, 0.25) is 0 Å². The van der Waals surface area contributed by atoms with Crippen LogP contribution in [-0.2, 0) is 11.3 Å². The van der Waals surface area contributed by atoms with E-state index in [1.54, 1.807) is 6.07 Å². The van der Waals surface area contributed by atoms with Crippen molar-refractivity contribution in [2.24, 2.45) is 4.99 Å². The van der Waals surface area contributed by atoms with Crippen molar-refractivity contribution in [2.75, 3.05) is 13.2 Å². The number of aromatic nitrogens is 3. The van der Waals surface area contributed by atoms with E-state index < -0.39 is 0 Å². The Bertz CT molecular complexity index is 1070. The van der Waals surface area contributed by atoms with Crippen LogP contribution in [0.25, 0.3) is 10.2 Å². The zero-order valence-corrected chi connectivity index (χ0v) is 18.3. The van der Waals surface area contributed by atoms with Crippen molar-refractivity contribution in [3.05, 3.63) is 45.5 Å². The Balaban J connectivity index is 2.08. The van der Waals surface area contributed by atoms with Gasteiger partial charge in [0.05, 0.1) is 16.8 Å². The normalized spacial score (nSPS) is 12.5. The fourth-order valence-electron chi connectivity index (χ4n) is 3.18. The van der Waals surface area contributed by atoms with Crippen molar-refractivity contribution in [3.63, 3.8) is 0 Å². The Labute approximate surface area is 169 Å². The van der Waals surface area contributed by atoms with E-state index >= 15 is 0 Å². The summed E-state index contributed by atoms with van der Waals surface area (Å²) in [6.45, 7) is 14.1. The lowest BCUT2D eigenvalue weighted by Gasteiger charge is -2.07. The van der Waals surface area contributed by atoms with E-state index in [2.05, 4.69) is 40.6 Å². The predicted molar refractivity (Wildman–Crippen MR) is 113 cm³/mol. The molecule has 2 aromatic heterocycles. The van der Waals surface area contributed by atoms with E-state index in [0.717, 1.165) is 15.9 Å². The molecule has 6 nitrogen and oxygen atoms in total. The first-order valence-electron chi connectivity index (χ1n) is 9.65. The number of aryl methyl sites for hydroxylation is 3. The van der Waals surface area contributed by atoms with Crippen LogP contribution in [0.3, 0.4) is 0 Å². The molecule has 3 rings (SSSR count). The number of rotatable bonds is 6. The molecule has 0 aliphatic carbocycles. The van der Waals surface area contributed by atoms with Gasteiger partial charge in [-0.3, -0.25) is 9.48 Å². The first kappa shape index (κ1) is 20.5. The summed E-state index contributed by atoms with van der Waals surface area (Å²) in [6.07, 6.45) is 0. The van der Waals surface area contributed by atoms with Crippen molar-refractivity contribution >= 4 is 27.5 Å². The second-order valence-corrected chi connectivity index (χ2v) is 8.27. The van der Waals surface area contributed by atoms with Gasteiger partial charge in [-0.2, -0.15) is 10.1 Å². The molecular formula is C21H28N4O2S. The smallest absolute Gasteiger partial charge is 0.300 e. The molecule has 28 heavy (non-hydrogen) atoms. The second kappa shape index (κ2) is 8.41. The molecule has 0 unspecified atom stereocenters. The van der Waals surface area contributed by atoms with Gasteiger partial charge in [0, 0.05) is 24.9 Å². The number of hydrogen-bond donors (Lipinski definition) is 0. The fourth-order valence-corrected chi connectivity index (χ4v) is 4.32. The van der Waals surface area contributed by atoms with E-state index in [1.165, 1.54) is 22.5 Å². The summed E-state index contributed by atoms with van der Waals surface area (Å²) in [5, 5.41) is 4.44. The fraction of sp³-hybridized carbons (Fsp3) is 0.476. The van der Waals surface area contributed by atoms with Gasteiger partial charge in [0.15, 0.2) is 10.5 Å². The van der Waals surface area contributed by atoms with Crippen LogP contribution in [0, 0.1) is 20.8 Å². The molecular weight excluding hydrogens is 372 g/mol. The van der Waals surface area contributed by atoms with E-state index in [-0.39, 0.29) is 11.9 Å². The lowest BCUT2D eigenvalue weighted by molar-refractivity contribution is 0.0991. The number of amides is 1. The van der Waals surface area contributed by atoms with E-state index in [9.17, 15) is 4.79 Å². The average Bonchev–Trinajstić information content (AvgIpc) is 3.17. The summed E-state index contributed by atoms with van der Waals surface area (Å²) >= 11 is 1.53. The molecule has 0 saturated heterocycles. The first-order chi connectivity index (χ1) is 13.3. The summed E-state index contributed by atoms with van der Waals surface area (Å²) in [7, 11) is 0. The molecule has 1 aromatic carbocycles. The van der Waals surface area contributed by atoms with E-state index in [4.69, 9.17) is 4.74 Å². The van der Waals surface area contributed by atoms with Gasteiger partial charge in [0.25, 0.3) is 5.91 Å². The number of nitrogens with zero attached hydrogens (tertiary/aromatic N) is 4. The monoisotopic (exact) mass is 400 g/mol. The number of benzene rings is 1. The molecule has 0 N–H and O–H groups in total. The van der Waals surface area contributed by atoms with Crippen LogP contribution >= 0.6 is 11.3 Å². The Kier molecular flexibility index (Phi) is 6.15. The lowest BCUT2D eigenvalue weighted by Crippen LogP contribution is -2.20. The first-order valence-corrected chi connectivity index (χ1v) is 10.5. The van der Waals surface area contributed by atoms with Crippen LogP contribution in [0.4, 0.5) is 0 Å². The molecule has 0 radical (unpaired) electrons. The van der Waals surface area contributed by atoms with Crippen molar-refractivity contribution in [1.29, 1.82) is 0 Å². The number of fused-ring (bicyclic) bond motifs is 1. The quantitative estimate of drug-likeness (QED) is 0.583. The lowest BCUT2D eigenvalue weighted by atomic mass is 10.1. The SMILES string of the molecule is CCOCCn1c(=NC(=O)c2cc(C)n(C(C)C)n2)sc2cc(C)c(C)cc21. The standard InChI is InChI=1S/C21H28N4O2S/c1-7-27-9-8-24-18-10-14(4)15(5)11-19(18)28-21(24)22-20(26)17-12-16(6)25(23-17)13(2)3/h10-13H,7-9H2,1-6H3. The molecule has 7 heteroatoms. The molecule has 2 heterocycles. The molecule has 0 aliphatic rings. The van der Waals surface area contributed by atoms with E-state index in [0.29, 0.717) is 30.3 Å². The minimum atomic E-state index is -0.312. The van der Waals surface area contributed by atoms with Gasteiger partial charge in [-0.1, -0.05) is 11.3 Å². The zero-order valence-electron chi connectivity index (χ0n) is 17.4. The topological polar surface area (TPSA) is 61.4 Å². The van der Waals surface area contributed by atoms with Gasteiger partial charge in [-0.15, -0.1) is 0 Å². The van der Waals surface area contributed by atoms with Crippen LogP contribution in [0.5, 0.6) is 0 Å². The minimum Gasteiger partial charge on any atom is -0.380 e. The molecule has 0 atom stereocenters. The highest BCUT2D eigenvalue weighted by molar-refractivity contribution is 7.16. The molecule has 0 fully saturated rings. The number of carbonyl (C=O) groups excluding carboxylic acids is 1. The van der Waals surface area contributed by atoms with Gasteiger partial charge in [-0.05, 0) is 70.9 Å². The van der Waals surface area contributed by atoms with Crippen LogP contribution in [0.1, 0.15) is 54.1 Å². The van der Waals surface area contributed by atoms with Gasteiger partial charge < -0.3 is 9.30 Å². The predicted octanol–water partition coefficient (Wildman–Crippen LogP) is 4.18. The Hall–Kier alpha value is -2.25. The largest absolute Gasteiger partial charge is 0.380 e. The highest BCUT2D eigenvalue weighted by atomic mass is 32.1. The Morgan fingerprint density at radius 2 is 1.93 bits per heavy atom. The zero-order chi connectivity index (χ0) is 20.4. The van der Waals surface area contributed by atoms with Crippen LogP contribution < -0.4 is 4.80 Å². The van der Waals surface area contributed by atoms with Gasteiger partial charge >= 0.3 is 0 Å². The van der Waals surface area contributed by atoms with Crippen molar-refractivity contribution < 1.29 is 9.53 Å². The summed E-state index contributed by atoms with van der Waals surface area (Å²) in [5.74, 6) is -0.312. The maximum atomic E-state index is 12.8. The number of thiazole rings is 1. The van der Waals surface area contributed by atoms with Crippen molar-refractivity contribution in [3.8, 4) is 0 Å². The van der Waals surface area contributed by atoms with E-state index in [1.807, 2.05) is 32.4 Å². The number of carbonyl (C=O) groups is 1.